The molecule has 42 heavy (non-hydrogen) atoms. The summed E-state index contributed by atoms with van der Waals surface area (Å²) in [7, 11) is -1.12. The monoisotopic (exact) mass is 615 g/mol. The van der Waals surface area contributed by atoms with Crippen LogP contribution < -0.4 is 19.5 Å². The molecule has 1 atom stereocenters. The van der Waals surface area contributed by atoms with Crippen LogP contribution in [-0.4, -0.2) is 44.2 Å². The molecule has 2 aromatic carbocycles. The van der Waals surface area contributed by atoms with E-state index in [0.717, 1.165) is 44.9 Å². The molecule has 0 spiro atoms. The molecule has 12 heteroatoms. The molecule has 0 aliphatic rings. The fourth-order valence-electron chi connectivity index (χ4n) is 4.06. The number of carbonyl (C=O) groups is 1. The molecule has 4 nitrogen and oxygen atoms in total. The molecule has 0 saturated carbocycles. The van der Waals surface area contributed by atoms with Gasteiger partial charge in [0.1, 0.15) is 17.2 Å². The number of hydrogen-bond donors (Lipinski definition) is 0. The van der Waals surface area contributed by atoms with Crippen molar-refractivity contribution in [2.24, 2.45) is 0 Å². The average molecular weight is 616 g/mol. The van der Waals surface area contributed by atoms with Crippen molar-refractivity contribution in [1.29, 1.82) is 0 Å². The number of ether oxygens (including phenoxy) is 3. The van der Waals surface area contributed by atoms with Crippen molar-refractivity contribution < 1.29 is 45.3 Å². The average Bonchev–Trinajstić information content (AvgIpc) is 2.91. The standard InChI is InChI=1S/C30H39F6O4P.Li/c1-4-7-10-16-38-21-19-24(39-17-11-8-5-2)27(25(20-21)40-18-12-9-6-3)41-28(37)26-22(29(31,32)33)14-13-15-23(26)30(34,35)36;/h13-15,19-20,41H,4-12,16-18H2,1-3H3;. The van der Waals surface area contributed by atoms with Crippen LogP contribution >= 0.6 is 8.58 Å². The Hall–Kier alpha value is -1.88. The molecule has 1 unspecified atom stereocenters. The predicted molar refractivity (Wildman–Crippen MR) is 156 cm³/mol. The zero-order valence-corrected chi connectivity index (χ0v) is 25.8. The Morgan fingerprint density at radius 1 is 0.690 bits per heavy atom. The van der Waals surface area contributed by atoms with E-state index in [1.165, 1.54) is 12.1 Å². The molecule has 0 amide bonds. The summed E-state index contributed by atoms with van der Waals surface area (Å²) in [5.41, 5.74) is -5.97. The van der Waals surface area contributed by atoms with Crippen LogP contribution in [0.25, 0.3) is 0 Å². The van der Waals surface area contributed by atoms with Crippen molar-refractivity contribution >= 4 is 38.3 Å². The zero-order chi connectivity index (χ0) is 30.5. The smallest absolute Gasteiger partial charge is 0.417 e. The molecule has 0 bridgehead atoms. The Labute approximate surface area is 258 Å². The van der Waals surface area contributed by atoms with E-state index in [9.17, 15) is 31.1 Å². The molecule has 0 heterocycles. The van der Waals surface area contributed by atoms with Gasteiger partial charge in [0.05, 0.1) is 36.3 Å². The Morgan fingerprint density at radius 2 is 1.10 bits per heavy atom. The van der Waals surface area contributed by atoms with Crippen LogP contribution in [0.4, 0.5) is 26.3 Å². The minimum Gasteiger partial charge on any atom is -0.493 e. The first-order valence-corrected chi connectivity index (χ1v) is 15.1. The molecule has 1 radical (unpaired) electrons. The Balaban J connectivity index is 0.00000882. The fraction of sp³-hybridized carbons (Fsp3) is 0.567. The van der Waals surface area contributed by atoms with Crippen LogP contribution in [0, 0.1) is 0 Å². The summed E-state index contributed by atoms with van der Waals surface area (Å²) in [6.45, 7) is 6.98. The van der Waals surface area contributed by atoms with Gasteiger partial charge >= 0.3 is 12.4 Å². The van der Waals surface area contributed by atoms with Crippen LogP contribution in [0.5, 0.6) is 17.2 Å². The Kier molecular flexibility index (Phi) is 17.0. The van der Waals surface area contributed by atoms with Crippen molar-refractivity contribution in [1.82, 2.24) is 0 Å². The van der Waals surface area contributed by atoms with E-state index in [2.05, 4.69) is 6.92 Å². The third-order valence-corrected chi connectivity index (χ3v) is 7.43. The van der Waals surface area contributed by atoms with Gasteiger partial charge in [-0.2, -0.15) is 26.3 Å². The van der Waals surface area contributed by atoms with Crippen LogP contribution in [0.2, 0.25) is 0 Å². The van der Waals surface area contributed by atoms with Crippen molar-refractivity contribution in [2.45, 2.75) is 90.9 Å². The first-order valence-electron chi connectivity index (χ1n) is 14.1. The normalized spacial score (nSPS) is 11.9. The summed E-state index contributed by atoms with van der Waals surface area (Å²) < 4.78 is 101. The summed E-state index contributed by atoms with van der Waals surface area (Å²) in [5.74, 6) is 0.707. The minimum atomic E-state index is -5.16. The number of benzene rings is 2. The van der Waals surface area contributed by atoms with Gasteiger partial charge in [0.15, 0.2) is 5.52 Å². The molecule has 2 aromatic rings. The molecule has 0 aromatic heterocycles. The number of alkyl halides is 6. The van der Waals surface area contributed by atoms with E-state index < -0.39 is 43.1 Å². The second-order valence-corrected chi connectivity index (χ2v) is 10.8. The minimum absolute atomic E-state index is 0. The topological polar surface area (TPSA) is 44.8 Å². The number of unbranched alkanes of at least 4 members (excludes halogenated alkanes) is 6. The van der Waals surface area contributed by atoms with Crippen LogP contribution in [0.1, 0.15) is 100 Å². The maximum absolute atomic E-state index is 13.8. The summed E-state index contributed by atoms with van der Waals surface area (Å²) in [4.78, 5) is 13.4. The van der Waals surface area contributed by atoms with E-state index in [1.54, 1.807) is 0 Å². The maximum atomic E-state index is 13.8. The number of carbonyl (C=O) groups excluding carboxylic acids is 1. The fourth-order valence-corrected chi connectivity index (χ4v) is 5.21. The molecule has 231 valence electrons. The van der Waals surface area contributed by atoms with Crippen molar-refractivity contribution in [3.63, 3.8) is 0 Å². The molecular formula is C30H39F6LiO4P. The number of hydrogen-bond acceptors (Lipinski definition) is 4. The molecule has 0 saturated heterocycles. The van der Waals surface area contributed by atoms with Crippen molar-refractivity contribution in [3.05, 3.63) is 47.0 Å². The molecule has 0 aliphatic carbocycles. The van der Waals surface area contributed by atoms with E-state index in [1.807, 2.05) is 13.8 Å². The van der Waals surface area contributed by atoms with Gasteiger partial charge in [-0.25, -0.2) is 0 Å². The quantitative estimate of drug-likeness (QED) is 0.0726. The molecule has 0 fully saturated rings. The maximum Gasteiger partial charge on any atom is 0.417 e. The third-order valence-electron chi connectivity index (χ3n) is 6.21. The van der Waals surface area contributed by atoms with E-state index >= 15 is 0 Å². The van der Waals surface area contributed by atoms with E-state index in [4.69, 9.17) is 14.2 Å². The molecule has 2 rings (SSSR count). The predicted octanol–water partition coefficient (Wildman–Crippen LogP) is 9.19. The molecular weight excluding hydrogens is 576 g/mol. The number of rotatable bonds is 18. The van der Waals surface area contributed by atoms with Crippen LogP contribution in [0.3, 0.4) is 0 Å². The molecule has 0 N–H and O–H groups in total. The van der Waals surface area contributed by atoms with Gasteiger partial charge in [0.2, 0.25) is 0 Å². The summed E-state index contributed by atoms with van der Waals surface area (Å²) in [6.07, 6.45) is -2.68. The van der Waals surface area contributed by atoms with Gasteiger partial charge in [-0.1, -0.05) is 65.4 Å². The first-order chi connectivity index (χ1) is 19.4. The van der Waals surface area contributed by atoms with Crippen LogP contribution in [0.15, 0.2) is 30.3 Å². The zero-order valence-electron chi connectivity index (χ0n) is 24.8. The first kappa shape index (κ1) is 38.1. The third kappa shape index (κ3) is 12.0. The van der Waals surface area contributed by atoms with Gasteiger partial charge in [0.25, 0.3) is 0 Å². The van der Waals surface area contributed by atoms with E-state index in [-0.39, 0.29) is 48.9 Å². The SMILES string of the molecule is CCCCCOc1cc(OCCCCC)c(PC(=O)c2c(C(F)(F)F)cccc2C(F)(F)F)c(OCCCCC)c1.[Li]. The second kappa shape index (κ2) is 18.7. The largest absolute Gasteiger partial charge is 0.493 e. The van der Waals surface area contributed by atoms with Crippen molar-refractivity contribution in [3.8, 4) is 17.2 Å². The second-order valence-electron chi connectivity index (χ2n) is 9.64. The summed E-state index contributed by atoms with van der Waals surface area (Å²) in [5, 5.41) is 0.119. The Morgan fingerprint density at radius 3 is 1.48 bits per heavy atom. The van der Waals surface area contributed by atoms with Gasteiger partial charge in [-0.05, 0) is 40.0 Å². The van der Waals surface area contributed by atoms with Gasteiger partial charge in [-0.3, -0.25) is 4.79 Å². The van der Waals surface area contributed by atoms with Gasteiger partial charge < -0.3 is 14.2 Å². The number of halogens is 6. The van der Waals surface area contributed by atoms with Gasteiger partial charge in [-0.15, -0.1) is 0 Å². The summed E-state index contributed by atoms with van der Waals surface area (Å²) >= 11 is 0. The summed E-state index contributed by atoms with van der Waals surface area (Å²) in [6, 6.07) is 4.70. The van der Waals surface area contributed by atoms with E-state index in [0.29, 0.717) is 43.4 Å². The van der Waals surface area contributed by atoms with Gasteiger partial charge in [0, 0.05) is 36.6 Å². The van der Waals surface area contributed by atoms with Crippen molar-refractivity contribution in [2.75, 3.05) is 19.8 Å². The van der Waals surface area contributed by atoms with Crippen LogP contribution in [-0.2, 0) is 12.4 Å². The Bertz CT molecular complexity index is 1040. The molecule has 0 aliphatic heterocycles.